The fourth-order valence-corrected chi connectivity index (χ4v) is 0.673. The zero-order chi connectivity index (χ0) is 9.56. The van der Waals surface area contributed by atoms with Gasteiger partial charge in [0.1, 0.15) is 13.5 Å². The average molecular weight is 171 g/mol. The molecule has 0 unspecified atom stereocenters. The molecule has 12 heavy (non-hydrogen) atoms. The zero-order valence-electron chi connectivity index (χ0n) is 7.76. The van der Waals surface area contributed by atoms with E-state index in [1.54, 1.807) is 27.2 Å². The minimum Gasteiger partial charge on any atom is -0.359 e. The summed E-state index contributed by atoms with van der Waals surface area (Å²) in [6.45, 7) is 1.78. The standard InChI is InChI=1S/C8H14N2O2/c1-4-8(12)10(3)6-5-7(11)9-2/h6H,4-5H2,1-3H3/p+1. The van der Waals surface area contributed by atoms with Crippen LogP contribution in [-0.2, 0) is 9.59 Å². The molecule has 0 saturated carbocycles. The summed E-state index contributed by atoms with van der Waals surface area (Å²) in [5.41, 5.74) is 0. The molecular weight excluding hydrogens is 156 g/mol. The first-order valence-corrected chi connectivity index (χ1v) is 3.91. The van der Waals surface area contributed by atoms with Crippen molar-refractivity contribution in [1.82, 2.24) is 5.32 Å². The van der Waals surface area contributed by atoms with Crippen molar-refractivity contribution in [3.05, 3.63) is 0 Å². The fourth-order valence-electron chi connectivity index (χ4n) is 0.673. The van der Waals surface area contributed by atoms with E-state index in [4.69, 9.17) is 0 Å². The Morgan fingerprint density at radius 2 is 2.08 bits per heavy atom. The van der Waals surface area contributed by atoms with E-state index >= 15 is 0 Å². The van der Waals surface area contributed by atoms with Crippen LogP contribution >= 0.6 is 0 Å². The molecule has 68 valence electrons. The lowest BCUT2D eigenvalue weighted by Crippen LogP contribution is -2.22. The first kappa shape index (κ1) is 10.8. The van der Waals surface area contributed by atoms with Crippen LogP contribution in [0.25, 0.3) is 0 Å². The molecule has 0 aliphatic carbocycles. The molecule has 0 atom stereocenters. The van der Waals surface area contributed by atoms with Crippen molar-refractivity contribution in [1.29, 1.82) is 0 Å². The summed E-state index contributed by atoms with van der Waals surface area (Å²) < 4.78 is 1.44. The van der Waals surface area contributed by atoms with Gasteiger partial charge >= 0.3 is 5.91 Å². The Labute approximate surface area is 72.3 Å². The van der Waals surface area contributed by atoms with Crippen LogP contribution < -0.4 is 5.32 Å². The highest BCUT2D eigenvalue weighted by Crippen LogP contribution is 1.81. The van der Waals surface area contributed by atoms with Gasteiger partial charge in [-0.15, -0.1) is 0 Å². The first-order chi connectivity index (χ1) is 5.61. The second kappa shape index (κ2) is 5.46. The third kappa shape index (κ3) is 3.85. The summed E-state index contributed by atoms with van der Waals surface area (Å²) in [5.74, 6) is -0.0790. The number of hydrogen-bond donors (Lipinski definition) is 1. The highest BCUT2D eigenvalue weighted by molar-refractivity contribution is 5.89. The molecule has 0 rings (SSSR count). The monoisotopic (exact) mass is 171 g/mol. The maximum absolute atomic E-state index is 11.0. The van der Waals surface area contributed by atoms with E-state index in [0.717, 1.165) is 0 Å². The summed E-state index contributed by atoms with van der Waals surface area (Å²) >= 11 is 0. The van der Waals surface area contributed by atoms with E-state index in [2.05, 4.69) is 5.32 Å². The van der Waals surface area contributed by atoms with E-state index in [1.807, 2.05) is 0 Å². The van der Waals surface area contributed by atoms with Crippen molar-refractivity contribution in [2.24, 2.45) is 0 Å². The number of hydrogen-bond acceptors (Lipinski definition) is 2. The van der Waals surface area contributed by atoms with E-state index in [-0.39, 0.29) is 18.2 Å². The van der Waals surface area contributed by atoms with Gasteiger partial charge in [-0.2, -0.15) is 4.58 Å². The van der Waals surface area contributed by atoms with Gasteiger partial charge in [-0.25, -0.2) is 4.79 Å². The summed E-state index contributed by atoms with van der Waals surface area (Å²) in [7, 11) is 3.21. The number of rotatable bonds is 3. The van der Waals surface area contributed by atoms with E-state index in [0.29, 0.717) is 6.42 Å². The van der Waals surface area contributed by atoms with Crippen molar-refractivity contribution in [3.8, 4) is 0 Å². The number of carbonyl (C=O) groups excluding carboxylic acids is 2. The molecule has 0 aliphatic rings. The van der Waals surface area contributed by atoms with Gasteiger partial charge in [0.05, 0.1) is 6.42 Å². The van der Waals surface area contributed by atoms with Gasteiger partial charge in [-0.05, 0) is 0 Å². The average Bonchev–Trinajstić information content (AvgIpc) is 2.11. The number of nitrogens with zero attached hydrogens (tertiary/aromatic N) is 1. The molecule has 4 heteroatoms. The van der Waals surface area contributed by atoms with Crippen LogP contribution in [0.2, 0.25) is 0 Å². The molecule has 1 N–H and O–H groups in total. The molecule has 0 aliphatic heterocycles. The highest BCUT2D eigenvalue weighted by Gasteiger charge is 2.08. The third-order valence-electron chi connectivity index (χ3n) is 1.53. The Morgan fingerprint density at radius 3 is 2.50 bits per heavy atom. The Morgan fingerprint density at radius 1 is 1.50 bits per heavy atom. The maximum Gasteiger partial charge on any atom is 0.386 e. The smallest absolute Gasteiger partial charge is 0.359 e. The topological polar surface area (TPSA) is 49.2 Å². The molecule has 0 spiro atoms. The normalized spacial score (nSPS) is 11.1. The second-order valence-corrected chi connectivity index (χ2v) is 2.42. The SMILES string of the molecule is CCC(=O)[N+](C)=CCC(=O)NC. The molecule has 0 radical (unpaired) electrons. The number of nitrogens with one attached hydrogen (secondary N) is 1. The zero-order valence-corrected chi connectivity index (χ0v) is 7.76. The van der Waals surface area contributed by atoms with Crippen LogP contribution in [-0.4, -0.2) is 36.7 Å². The lowest BCUT2D eigenvalue weighted by atomic mass is 10.4. The van der Waals surface area contributed by atoms with Crippen LogP contribution in [0.5, 0.6) is 0 Å². The molecule has 2 amide bonds. The largest absolute Gasteiger partial charge is 0.386 e. The van der Waals surface area contributed by atoms with Gasteiger partial charge in [0.25, 0.3) is 0 Å². The lowest BCUT2D eigenvalue weighted by Gasteiger charge is -1.92. The molecular formula is C8H15N2O2+. The van der Waals surface area contributed by atoms with Crippen LogP contribution in [0.3, 0.4) is 0 Å². The van der Waals surface area contributed by atoms with Crippen molar-refractivity contribution in [2.45, 2.75) is 19.8 Å². The van der Waals surface area contributed by atoms with Gasteiger partial charge < -0.3 is 5.32 Å². The summed E-state index contributed by atoms with van der Waals surface area (Å²) in [4.78, 5) is 21.7. The molecule has 0 aromatic carbocycles. The molecule has 4 nitrogen and oxygen atoms in total. The number of carbonyl (C=O) groups is 2. The van der Waals surface area contributed by atoms with Crippen LogP contribution in [0.4, 0.5) is 0 Å². The van der Waals surface area contributed by atoms with E-state index in [1.165, 1.54) is 4.58 Å². The van der Waals surface area contributed by atoms with Crippen LogP contribution in [0, 0.1) is 0 Å². The Hall–Kier alpha value is -1.19. The van der Waals surface area contributed by atoms with Gasteiger partial charge in [-0.3, -0.25) is 4.79 Å². The lowest BCUT2D eigenvalue weighted by molar-refractivity contribution is -0.415. The highest BCUT2D eigenvalue weighted by atomic mass is 16.2. The van der Waals surface area contributed by atoms with E-state index < -0.39 is 0 Å². The molecule has 0 heterocycles. The second-order valence-electron chi connectivity index (χ2n) is 2.42. The van der Waals surface area contributed by atoms with Gasteiger partial charge in [0.15, 0.2) is 6.21 Å². The predicted molar refractivity (Wildman–Crippen MR) is 46.2 cm³/mol. The molecule has 0 fully saturated rings. The van der Waals surface area contributed by atoms with Crippen LogP contribution in [0.1, 0.15) is 19.8 Å². The van der Waals surface area contributed by atoms with Crippen LogP contribution in [0.15, 0.2) is 0 Å². The molecule has 0 aromatic heterocycles. The molecule has 0 bridgehead atoms. The Bertz CT molecular complexity index is 209. The van der Waals surface area contributed by atoms with Crippen molar-refractivity contribution in [2.75, 3.05) is 14.1 Å². The van der Waals surface area contributed by atoms with E-state index in [9.17, 15) is 9.59 Å². The summed E-state index contributed by atoms with van der Waals surface area (Å²) in [5, 5.41) is 2.47. The Kier molecular flexibility index (Phi) is 4.92. The minimum absolute atomic E-state index is 0.0129. The number of amides is 2. The Balaban J connectivity index is 4.00. The van der Waals surface area contributed by atoms with Gasteiger partial charge in [0, 0.05) is 7.05 Å². The minimum atomic E-state index is -0.0919. The predicted octanol–water partition coefficient (Wildman–Crippen LogP) is -0.228. The quantitative estimate of drug-likeness (QED) is 0.471. The van der Waals surface area contributed by atoms with Gasteiger partial charge in [-0.1, -0.05) is 6.92 Å². The van der Waals surface area contributed by atoms with Gasteiger partial charge in [0.2, 0.25) is 5.91 Å². The third-order valence-corrected chi connectivity index (χ3v) is 1.53. The summed E-state index contributed by atoms with van der Waals surface area (Å²) in [6, 6.07) is 0. The van der Waals surface area contributed by atoms with Crippen molar-refractivity contribution >= 4 is 18.0 Å². The molecule has 0 saturated heterocycles. The summed E-state index contributed by atoms with van der Waals surface area (Å²) in [6.07, 6.45) is 2.28. The fraction of sp³-hybridized carbons (Fsp3) is 0.625. The molecule has 0 aromatic rings. The maximum atomic E-state index is 11.0. The first-order valence-electron chi connectivity index (χ1n) is 3.91. The van der Waals surface area contributed by atoms with Crippen molar-refractivity contribution < 1.29 is 14.2 Å². The van der Waals surface area contributed by atoms with Crippen molar-refractivity contribution in [3.63, 3.8) is 0 Å².